The number of hydrogen-bond donors (Lipinski definition) is 1. The van der Waals surface area contributed by atoms with Crippen LogP contribution < -0.4 is 10.1 Å². The molecule has 0 spiro atoms. The SMILES string of the molecule is CCN(CC)S(=O)(=O)c1ccc(OC)c(C(=O)NC(C)c2nc(C)no2)c1. The van der Waals surface area contributed by atoms with Crippen molar-refractivity contribution in [1.82, 2.24) is 19.8 Å². The first kappa shape index (κ1) is 20.8. The number of carbonyl (C=O) groups is 1. The molecule has 0 fully saturated rings. The van der Waals surface area contributed by atoms with Crippen molar-refractivity contribution in [1.29, 1.82) is 0 Å². The molecule has 1 unspecified atom stereocenters. The largest absolute Gasteiger partial charge is 0.496 e. The predicted molar refractivity (Wildman–Crippen MR) is 98.0 cm³/mol. The average molecular weight is 396 g/mol. The number of rotatable bonds is 8. The van der Waals surface area contributed by atoms with Crippen molar-refractivity contribution in [2.45, 2.75) is 38.6 Å². The summed E-state index contributed by atoms with van der Waals surface area (Å²) in [7, 11) is -2.29. The second-order valence-electron chi connectivity index (χ2n) is 5.83. The Kier molecular flexibility index (Phi) is 6.55. The maximum atomic E-state index is 12.7. The highest BCUT2D eigenvalue weighted by Crippen LogP contribution is 2.25. The first-order valence-electron chi connectivity index (χ1n) is 8.53. The predicted octanol–water partition coefficient (Wildman–Crippen LogP) is 1.91. The third-order valence-corrected chi connectivity index (χ3v) is 6.07. The zero-order valence-electron chi connectivity index (χ0n) is 16.0. The highest BCUT2D eigenvalue weighted by Gasteiger charge is 2.25. The molecule has 1 amide bonds. The molecule has 0 radical (unpaired) electrons. The molecule has 0 saturated carbocycles. The van der Waals surface area contributed by atoms with Gasteiger partial charge in [-0.1, -0.05) is 19.0 Å². The molecule has 2 aromatic rings. The third kappa shape index (κ3) is 4.45. The minimum absolute atomic E-state index is 0.0263. The Morgan fingerprint density at radius 1 is 1.33 bits per heavy atom. The number of benzene rings is 1. The van der Waals surface area contributed by atoms with E-state index in [0.717, 1.165) is 0 Å². The first-order valence-corrected chi connectivity index (χ1v) is 9.97. The van der Waals surface area contributed by atoms with Gasteiger partial charge in [0.1, 0.15) is 11.8 Å². The number of carbonyl (C=O) groups excluding carboxylic acids is 1. The minimum atomic E-state index is -3.70. The van der Waals surface area contributed by atoms with Gasteiger partial charge in [-0.25, -0.2) is 8.42 Å². The van der Waals surface area contributed by atoms with Crippen LogP contribution in [0.4, 0.5) is 0 Å². The number of hydrogen-bond acceptors (Lipinski definition) is 7. The van der Waals surface area contributed by atoms with E-state index in [1.807, 2.05) is 0 Å². The molecule has 9 nitrogen and oxygen atoms in total. The zero-order chi connectivity index (χ0) is 20.2. The van der Waals surface area contributed by atoms with E-state index in [1.165, 1.54) is 29.6 Å². The number of nitrogens with one attached hydrogen (secondary N) is 1. The van der Waals surface area contributed by atoms with E-state index in [2.05, 4.69) is 15.5 Å². The van der Waals surface area contributed by atoms with Crippen LogP contribution in [-0.2, 0) is 10.0 Å². The molecular weight excluding hydrogens is 372 g/mol. The summed E-state index contributed by atoms with van der Waals surface area (Å²) in [5.74, 6) is 0.467. The molecule has 148 valence electrons. The maximum Gasteiger partial charge on any atom is 0.255 e. The van der Waals surface area contributed by atoms with Crippen LogP contribution in [0.3, 0.4) is 0 Å². The van der Waals surface area contributed by atoms with Crippen LogP contribution >= 0.6 is 0 Å². The van der Waals surface area contributed by atoms with Gasteiger partial charge in [0.15, 0.2) is 5.82 Å². The molecule has 0 bridgehead atoms. The Labute approximate surface area is 158 Å². The lowest BCUT2D eigenvalue weighted by Crippen LogP contribution is -2.31. The van der Waals surface area contributed by atoms with Gasteiger partial charge in [-0.05, 0) is 32.0 Å². The van der Waals surface area contributed by atoms with Crippen molar-refractivity contribution < 1.29 is 22.5 Å². The molecule has 0 aliphatic heterocycles. The van der Waals surface area contributed by atoms with E-state index in [9.17, 15) is 13.2 Å². The fraction of sp³-hybridized carbons (Fsp3) is 0.471. The smallest absolute Gasteiger partial charge is 0.255 e. The number of nitrogens with zero attached hydrogens (tertiary/aromatic N) is 3. The molecule has 2 rings (SSSR count). The number of ether oxygens (including phenoxy) is 1. The lowest BCUT2D eigenvalue weighted by Gasteiger charge is -2.19. The van der Waals surface area contributed by atoms with Gasteiger partial charge in [0.05, 0.1) is 17.6 Å². The van der Waals surface area contributed by atoms with Crippen molar-refractivity contribution in [3.8, 4) is 5.75 Å². The van der Waals surface area contributed by atoms with Gasteiger partial charge in [0.2, 0.25) is 15.9 Å². The second-order valence-corrected chi connectivity index (χ2v) is 7.76. The molecule has 1 atom stereocenters. The Morgan fingerprint density at radius 3 is 2.52 bits per heavy atom. The maximum absolute atomic E-state index is 12.7. The van der Waals surface area contributed by atoms with E-state index in [-0.39, 0.29) is 22.1 Å². The molecular formula is C17H24N4O5S. The van der Waals surface area contributed by atoms with Crippen LogP contribution in [0.15, 0.2) is 27.6 Å². The Bertz CT molecular complexity index is 906. The van der Waals surface area contributed by atoms with Crippen molar-refractivity contribution in [3.63, 3.8) is 0 Å². The van der Waals surface area contributed by atoms with Crippen molar-refractivity contribution in [2.24, 2.45) is 0 Å². The fourth-order valence-corrected chi connectivity index (χ4v) is 4.05. The van der Waals surface area contributed by atoms with Gasteiger partial charge < -0.3 is 14.6 Å². The van der Waals surface area contributed by atoms with E-state index in [4.69, 9.17) is 9.26 Å². The minimum Gasteiger partial charge on any atom is -0.496 e. The Hall–Kier alpha value is -2.46. The molecule has 0 saturated heterocycles. The normalized spacial score (nSPS) is 12.8. The van der Waals surface area contributed by atoms with E-state index in [1.54, 1.807) is 27.7 Å². The van der Waals surface area contributed by atoms with Crippen LogP contribution in [0.1, 0.15) is 48.9 Å². The molecule has 1 aromatic heterocycles. The summed E-state index contributed by atoms with van der Waals surface area (Å²) in [5, 5.41) is 6.40. The van der Waals surface area contributed by atoms with E-state index < -0.39 is 22.0 Å². The van der Waals surface area contributed by atoms with Crippen molar-refractivity contribution >= 4 is 15.9 Å². The monoisotopic (exact) mass is 396 g/mol. The quantitative estimate of drug-likeness (QED) is 0.725. The summed E-state index contributed by atoms with van der Waals surface area (Å²) in [6.45, 7) is 7.54. The van der Waals surface area contributed by atoms with E-state index >= 15 is 0 Å². The summed E-state index contributed by atoms with van der Waals surface area (Å²) in [5.41, 5.74) is 0.105. The zero-order valence-corrected chi connectivity index (χ0v) is 16.8. The molecule has 1 aromatic carbocycles. The second kappa shape index (κ2) is 8.49. The van der Waals surface area contributed by atoms with Crippen molar-refractivity contribution in [3.05, 3.63) is 35.5 Å². The highest BCUT2D eigenvalue weighted by molar-refractivity contribution is 7.89. The van der Waals surface area contributed by atoms with E-state index in [0.29, 0.717) is 18.9 Å². The average Bonchev–Trinajstić information content (AvgIpc) is 3.08. The highest BCUT2D eigenvalue weighted by atomic mass is 32.2. The molecule has 1 heterocycles. The standard InChI is InChI=1S/C17H24N4O5S/c1-6-21(7-2)27(23,24)13-8-9-15(25-5)14(10-13)16(22)18-11(3)17-19-12(4)20-26-17/h8-11H,6-7H2,1-5H3,(H,18,22). The number of sulfonamides is 1. The number of aromatic nitrogens is 2. The number of aryl methyl sites for hydroxylation is 1. The van der Waals surface area contributed by atoms with Gasteiger partial charge in [0, 0.05) is 13.1 Å². The van der Waals surface area contributed by atoms with Crippen LogP contribution in [-0.4, -0.2) is 49.0 Å². The van der Waals surface area contributed by atoms with Crippen LogP contribution in [0.2, 0.25) is 0 Å². The lowest BCUT2D eigenvalue weighted by atomic mass is 10.1. The van der Waals surface area contributed by atoms with Gasteiger partial charge in [0.25, 0.3) is 5.91 Å². The summed E-state index contributed by atoms with van der Waals surface area (Å²) in [6, 6.07) is 3.65. The van der Waals surface area contributed by atoms with Crippen LogP contribution in [0, 0.1) is 6.92 Å². The van der Waals surface area contributed by atoms with Gasteiger partial charge in [-0.2, -0.15) is 9.29 Å². The summed E-state index contributed by atoms with van der Waals surface area (Å²) in [4.78, 5) is 16.8. The summed E-state index contributed by atoms with van der Waals surface area (Å²) < 4.78 is 37.1. The molecule has 1 N–H and O–H groups in total. The fourth-order valence-electron chi connectivity index (χ4n) is 2.56. The molecule has 0 aliphatic carbocycles. The lowest BCUT2D eigenvalue weighted by molar-refractivity contribution is 0.0929. The molecule has 27 heavy (non-hydrogen) atoms. The van der Waals surface area contributed by atoms with Crippen LogP contribution in [0.25, 0.3) is 0 Å². The number of amides is 1. The van der Waals surface area contributed by atoms with Gasteiger partial charge in [-0.3, -0.25) is 4.79 Å². The molecule has 10 heteroatoms. The summed E-state index contributed by atoms with van der Waals surface area (Å²) in [6.07, 6.45) is 0. The van der Waals surface area contributed by atoms with Gasteiger partial charge >= 0.3 is 0 Å². The topological polar surface area (TPSA) is 115 Å². The van der Waals surface area contributed by atoms with Gasteiger partial charge in [-0.15, -0.1) is 0 Å². The number of methoxy groups -OCH3 is 1. The molecule has 0 aliphatic rings. The first-order chi connectivity index (χ1) is 12.7. The summed E-state index contributed by atoms with van der Waals surface area (Å²) >= 11 is 0. The van der Waals surface area contributed by atoms with Crippen LogP contribution in [0.5, 0.6) is 5.75 Å². The third-order valence-electron chi connectivity index (χ3n) is 4.02. The Balaban J connectivity index is 2.36. The van der Waals surface area contributed by atoms with Crippen molar-refractivity contribution in [2.75, 3.05) is 20.2 Å². The Morgan fingerprint density at radius 2 is 2.00 bits per heavy atom.